The van der Waals surface area contributed by atoms with E-state index in [-0.39, 0.29) is 6.61 Å². The number of benzene rings is 1. The molecule has 0 aliphatic carbocycles. The Kier molecular flexibility index (Phi) is 4.81. The van der Waals surface area contributed by atoms with E-state index in [1.807, 2.05) is 42.8 Å². The van der Waals surface area contributed by atoms with Gasteiger partial charge in [0.2, 0.25) is 0 Å². The Morgan fingerprint density at radius 3 is 3.00 bits per heavy atom. The third-order valence-corrected chi connectivity index (χ3v) is 3.69. The van der Waals surface area contributed by atoms with Gasteiger partial charge in [-0.15, -0.1) is 10.2 Å². The molecular weight excluding hydrogens is 262 g/mol. The minimum Gasteiger partial charge on any atom is -0.491 e. The molecule has 2 aromatic rings. The largest absolute Gasteiger partial charge is 0.491 e. The molecule has 1 heterocycles. The zero-order chi connectivity index (χ0) is 13.7. The minimum atomic E-state index is -0.540. The number of nitrogens with zero attached hydrogens (tertiary/aromatic N) is 3. The van der Waals surface area contributed by atoms with E-state index in [0.29, 0.717) is 5.75 Å². The normalized spacial score (nSPS) is 12.4. The molecule has 1 aromatic carbocycles. The maximum atomic E-state index is 9.87. The van der Waals surface area contributed by atoms with E-state index in [0.717, 1.165) is 16.5 Å². The number of ether oxygens (including phenoxy) is 1. The van der Waals surface area contributed by atoms with Gasteiger partial charge in [-0.2, -0.15) is 0 Å². The van der Waals surface area contributed by atoms with Crippen molar-refractivity contribution < 1.29 is 9.84 Å². The maximum absolute atomic E-state index is 9.87. The third kappa shape index (κ3) is 4.25. The van der Waals surface area contributed by atoms with Gasteiger partial charge < -0.3 is 14.4 Å². The lowest BCUT2D eigenvalue weighted by Gasteiger charge is -2.12. The number of aromatic nitrogens is 3. The predicted molar refractivity (Wildman–Crippen MR) is 74.4 cm³/mol. The van der Waals surface area contributed by atoms with Gasteiger partial charge in [-0.1, -0.05) is 23.9 Å². The number of aryl methyl sites for hydroxylation is 2. The topological polar surface area (TPSA) is 60.2 Å². The summed E-state index contributed by atoms with van der Waals surface area (Å²) in [6.45, 7) is 2.28. The predicted octanol–water partition coefficient (Wildman–Crippen LogP) is 1.66. The number of thioether (sulfide) groups is 1. The molecule has 0 fully saturated rings. The summed E-state index contributed by atoms with van der Waals surface area (Å²) in [6.07, 6.45) is 1.10. The van der Waals surface area contributed by atoms with Crippen molar-refractivity contribution in [3.05, 3.63) is 36.2 Å². The van der Waals surface area contributed by atoms with Crippen LogP contribution < -0.4 is 4.74 Å². The summed E-state index contributed by atoms with van der Waals surface area (Å²) in [7, 11) is 1.87. The molecule has 0 saturated heterocycles. The Morgan fingerprint density at radius 2 is 2.32 bits per heavy atom. The van der Waals surface area contributed by atoms with Crippen LogP contribution in [0.25, 0.3) is 0 Å². The fourth-order valence-electron chi connectivity index (χ4n) is 1.52. The van der Waals surface area contributed by atoms with Crippen LogP contribution >= 0.6 is 11.8 Å². The van der Waals surface area contributed by atoms with Crippen molar-refractivity contribution in [2.75, 3.05) is 12.4 Å². The van der Waals surface area contributed by atoms with Crippen molar-refractivity contribution in [3.63, 3.8) is 0 Å². The molecule has 0 aliphatic rings. The fraction of sp³-hybridized carbons (Fsp3) is 0.385. The second-order valence-electron chi connectivity index (χ2n) is 4.32. The van der Waals surface area contributed by atoms with Gasteiger partial charge in [0.25, 0.3) is 0 Å². The molecule has 0 aliphatic heterocycles. The Hall–Kier alpha value is -1.53. The van der Waals surface area contributed by atoms with Gasteiger partial charge in [0.15, 0.2) is 5.16 Å². The molecule has 1 atom stereocenters. The SMILES string of the molecule is Cc1cccc(OCC(O)CSc2nncn2C)c1. The molecule has 0 bridgehead atoms. The number of aliphatic hydroxyl groups excluding tert-OH is 1. The van der Waals surface area contributed by atoms with Gasteiger partial charge in [-0.3, -0.25) is 0 Å². The molecule has 102 valence electrons. The zero-order valence-electron chi connectivity index (χ0n) is 11.0. The van der Waals surface area contributed by atoms with Gasteiger partial charge in [0.05, 0.1) is 6.10 Å². The van der Waals surface area contributed by atoms with Gasteiger partial charge in [-0.25, -0.2) is 0 Å². The summed E-state index contributed by atoms with van der Waals surface area (Å²) >= 11 is 1.46. The van der Waals surface area contributed by atoms with E-state index < -0.39 is 6.10 Å². The second kappa shape index (κ2) is 6.58. The highest BCUT2D eigenvalue weighted by Gasteiger charge is 2.09. The maximum Gasteiger partial charge on any atom is 0.190 e. The van der Waals surface area contributed by atoms with Crippen LogP contribution in [0.1, 0.15) is 5.56 Å². The molecule has 1 aromatic heterocycles. The first-order valence-electron chi connectivity index (χ1n) is 5.99. The van der Waals surface area contributed by atoms with Crippen LogP contribution in [0.4, 0.5) is 0 Å². The molecule has 0 amide bonds. The Bertz CT molecular complexity index is 530. The standard InChI is InChI=1S/C13H17N3O2S/c1-10-4-3-5-12(6-10)18-7-11(17)8-19-13-15-14-9-16(13)2/h3-6,9,11,17H,7-8H2,1-2H3. The molecule has 5 nitrogen and oxygen atoms in total. The summed E-state index contributed by atoms with van der Waals surface area (Å²) in [4.78, 5) is 0. The number of hydrogen-bond acceptors (Lipinski definition) is 5. The van der Waals surface area contributed by atoms with E-state index in [4.69, 9.17) is 4.74 Å². The van der Waals surface area contributed by atoms with Crippen LogP contribution in [0.5, 0.6) is 5.75 Å². The molecule has 6 heteroatoms. The first-order chi connectivity index (χ1) is 9.15. The van der Waals surface area contributed by atoms with E-state index in [2.05, 4.69) is 10.2 Å². The highest BCUT2D eigenvalue weighted by atomic mass is 32.2. The lowest BCUT2D eigenvalue weighted by molar-refractivity contribution is 0.126. The summed E-state index contributed by atoms with van der Waals surface area (Å²) in [5, 5.41) is 18.4. The van der Waals surface area contributed by atoms with Crippen LogP contribution in [-0.2, 0) is 7.05 Å². The number of rotatable bonds is 6. The average Bonchev–Trinajstić information content (AvgIpc) is 2.80. The Morgan fingerprint density at radius 1 is 1.47 bits per heavy atom. The lowest BCUT2D eigenvalue weighted by atomic mass is 10.2. The van der Waals surface area contributed by atoms with Crippen molar-refractivity contribution in [2.24, 2.45) is 7.05 Å². The van der Waals surface area contributed by atoms with Crippen molar-refractivity contribution in [1.29, 1.82) is 0 Å². The highest BCUT2D eigenvalue weighted by Crippen LogP contribution is 2.16. The fourth-order valence-corrected chi connectivity index (χ4v) is 2.31. The minimum absolute atomic E-state index is 0.272. The van der Waals surface area contributed by atoms with Crippen LogP contribution in [0, 0.1) is 6.92 Å². The monoisotopic (exact) mass is 279 g/mol. The smallest absolute Gasteiger partial charge is 0.190 e. The quantitative estimate of drug-likeness (QED) is 0.815. The first kappa shape index (κ1) is 13.9. The summed E-state index contributed by atoms with van der Waals surface area (Å²) in [5.41, 5.74) is 1.14. The zero-order valence-corrected chi connectivity index (χ0v) is 11.8. The van der Waals surface area contributed by atoms with E-state index in [9.17, 15) is 5.11 Å². The molecular formula is C13H17N3O2S. The van der Waals surface area contributed by atoms with Crippen molar-refractivity contribution in [2.45, 2.75) is 18.2 Å². The number of aliphatic hydroxyl groups is 1. The van der Waals surface area contributed by atoms with Crippen molar-refractivity contribution >= 4 is 11.8 Å². The van der Waals surface area contributed by atoms with Crippen molar-refractivity contribution in [3.8, 4) is 5.75 Å². The summed E-state index contributed by atoms with van der Waals surface area (Å²) in [5.74, 6) is 1.31. The van der Waals surface area contributed by atoms with Crippen LogP contribution in [0.2, 0.25) is 0 Å². The van der Waals surface area contributed by atoms with E-state index in [1.165, 1.54) is 11.8 Å². The molecule has 1 N–H and O–H groups in total. The average molecular weight is 279 g/mol. The Balaban J connectivity index is 1.76. The van der Waals surface area contributed by atoms with E-state index in [1.54, 1.807) is 6.33 Å². The third-order valence-electron chi connectivity index (χ3n) is 2.51. The van der Waals surface area contributed by atoms with Gasteiger partial charge in [-0.05, 0) is 24.6 Å². The summed E-state index contributed by atoms with van der Waals surface area (Å²) < 4.78 is 7.36. The summed E-state index contributed by atoms with van der Waals surface area (Å²) in [6, 6.07) is 7.77. The molecule has 0 spiro atoms. The number of hydrogen-bond donors (Lipinski definition) is 1. The Labute approximate surface area is 116 Å². The van der Waals surface area contributed by atoms with E-state index >= 15 is 0 Å². The van der Waals surface area contributed by atoms with Crippen LogP contribution in [0.15, 0.2) is 35.7 Å². The van der Waals surface area contributed by atoms with Gasteiger partial charge in [0.1, 0.15) is 18.7 Å². The molecule has 19 heavy (non-hydrogen) atoms. The molecule has 0 saturated carbocycles. The molecule has 0 radical (unpaired) electrons. The van der Waals surface area contributed by atoms with Crippen LogP contribution in [0.3, 0.4) is 0 Å². The van der Waals surface area contributed by atoms with Gasteiger partial charge >= 0.3 is 0 Å². The van der Waals surface area contributed by atoms with Crippen molar-refractivity contribution in [1.82, 2.24) is 14.8 Å². The lowest BCUT2D eigenvalue weighted by Crippen LogP contribution is -2.20. The first-order valence-corrected chi connectivity index (χ1v) is 6.98. The second-order valence-corrected chi connectivity index (χ2v) is 5.30. The highest BCUT2D eigenvalue weighted by molar-refractivity contribution is 7.99. The van der Waals surface area contributed by atoms with Crippen LogP contribution in [-0.4, -0.2) is 38.3 Å². The van der Waals surface area contributed by atoms with Gasteiger partial charge in [0, 0.05) is 12.8 Å². The molecule has 1 unspecified atom stereocenters. The molecule has 2 rings (SSSR count).